The van der Waals surface area contributed by atoms with E-state index in [0.717, 1.165) is 39.3 Å². The molecule has 3 aliphatic rings. The van der Waals surface area contributed by atoms with Gasteiger partial charge >= 0.3 is 0 Å². The molecule has 0 radical (unpaired) electrons. The molecule has 0 N–H and O–H groups in total. The Morgan fingerprint density at radius 1 is 0.769 bits per heavy atom. The molecule has 6 heteroatoms. The lowest BCUT2D eigenvalue weighted by Gasteiger charge is -2.49. The normalized spacial score (nSPS) is 26.0. The Labute approximate surface area is 163 Å². The third-order valence-electron chi connectivity index (χ3n) is 6.33. The van der Waals surface area contributed by atoms with Crippen molar-refractivity contribution in [3.05, 3.63) is 22.4 Å². The zero-order valence-electron chi connectivity index (χ0n) is 16.0. The summed E-state index contributed by atoms with van der Waals surface area (Å²) in [5.41, 5.74) is 0. The van der Waals surface area contributed by atoms with E-state index in [-0.39, 0.29) is 5.78 Å². The predicted molar refractivity (Wildman–Crippen MR) is 111 cm³/mol. The highest BCUT2D eigenvalue weighted by Crippen LogP contribution is 2.67. The van der Waals surface area contributed by atoms with E-state index in [1.54, 1.807) is 0 Å². The van der Waals surface area contributed by atoms with Crippen molar-refractivity contribution in [3.63, 3.8) is 0 Å². The van der Waals surface area contributed by atoms with Crippen LogP contribution in [0.4, 0.5) is 0 Å². The molecule has 1 aromatic rings. The summed E-state index contributed by atoms with van der Waals surface area (Å²) in [5, 5.41) is 2.17. The van der Waals surface area contributed by atoms with E-state index in [1.165, 1.54) is 62.7 Å². The fraction of sp³-hybridized carbons (Fsp3) is 0.800. The van der Waals surface area contributed by atoms with Crippen molar-refractivity contribution in [3.8, 4) is 0 Å². The number of hydrogen-bond acceptors (Lipinski definition) is 3. The van der Waals surface area contributed by atoms with Crippen LogP contribution < -0.4 is 0 Å². The van der Waals surface area contributed by atoms with Crippen LogP contribution in [-0.2, 0) is 4.57 Å². The van der Waals surface area contributed by atoms with Crippen molar-refractivity contribution in [2.75, 3.05) is 39.3 Å². The van der Waals surface area contributed by atoms with Gasteiger partial charge in [-0.1, -0.05) is 25.3 Å². The minimum atomic E-state index is -2.63. The quantitative estimate of drug-likeness (QED) is 0.624. The van der Waals surface area contributed by atoms with Crippen molar-refractivity contribution in [1.29, 1.82) is 0 Å². The third kappa shape index (κ3) is 3.84. The van der Waals surface area contributed by atoms with Gasteiger partial charge in [0.2, 0.25) is 7.44 Å². The van der Waals surface area contributed by atoms with Crippen molar-refractivity contribution in [2.24, 2.45) is 0 Å². The summed E-state index contributed by atoms with van der Waals surface area (Å²) in [6, 6.07) is 4.39. The second kappa shape index (κ2) is 8.87. The first-order valence-corrected chi connectivity index (χ1v) is 13.2. The number of hydrogen-bond donors (Lipinski definition) is 0. The van der Waals surface area contributed by atoms with Crippen molar-refractivity contribution in [1.82, 2.24) is 14.2 Å². The van der Waals surface area contributed by atoms with Gasteiger partial charge in [0.25, 0.3) is 0 Å². The number of nitrogens with zero attached hydrogens (tertiary/aromatic N) is 3. The lowest BCUT2D eigenvalue weighted by molar-refractivity contribution is 0.180. The Morgan fingerprint density at radius 2 is 1.27 bits per heavy atom. The molecule has 0 spiro atoms. The Morgan fingerprint density at radius 3 is 1.73 bits per heavy atom. The zero-order chi connectivity index (χ0) is 17.8. The van der Waals surface area contributed by atoms with Crippen LogP contribution in [0.5, 0.6) is 0 Å². The van der Waals surface area contributed by atoms with Crippen LogP contribution in [0, 0.1) is 0 Å². The first-order chi connectivity index (χ1) is 12.8. The number of thiophene rings is 1. The predicted octanol–water partition coefficient (Wildman–Crippen LogP) is 5.40. The summed E-state index contributed by atoms with van der Waals surface area (Å²) >= 11 is 1.81. The van der Waals surface area contributed by atoms with E-state index in [0.29, 0.717) is 0 Å². The first-order valence-electron chi connectivity index (χ1n) is 10.7. The van der Waals surface area contributed by atoms with Crippen LogP contribution in [0.25, 0.3) is 0 Å². The van der Waals surface area contributed by atoms with Gasteiger partial charge in [-0.3, -0.25) is 9.46 Å². The molecule has 3 aliphatic heterocycles. The average molecular weight is 396 g/mol. The van der Waals surface area contributed by atoms with Gasteiger partial charge < -0.3 is 0 Å². The summed E-state index contributed by atoms with van der Waals surface area (Å²) in [6.07, 6.45) is 11.2. The van der Waals surface area contributed by atoms with Crippen LogP contribution in [0.15, 0.2) is 17.5 Å². The van der Waals surface area contributed by atoms with E-state index in [4.69, 9.17) is 0 Å². The molecule has 0 unspecified atom stereocenters. The maximum absolute atomic E-state index is 15.0. The van der Waals surface area contributed by atoms with E-state index in [2.05, 4.69) is 31.8 Å². The van der Waals surface area contributed by atoms with Gasteiger partial charge in [0, 0.05) is 31.1 Å². The Hall–Kier alpha value is -0.190. The summed E-state index contributed by atoms with van der Waals surface area (Å²) in [5.74, 6) is 0.0824. The summed E-state index contributed by atoms with van der Waals surface area (Å²) < 4.78 is 19.9. The standard InChI is InChI=1S/C20H34N3OPS/c24-25(22-14-6-2-7-15-22,23-16-8-3-9-17-23)20(19-11-10-18-26-19)21-12-4-1-5-13-21/h10-11,18,20H,1-9,12-17H2/t20-/m1/s1. The zero-order valence-corrected chi connectivity index (χ0v) is 17.7. The molecular formula is C20H34N3OPS. The molecule has 3 saturated heterocycles. The third-order valence-corrected chi connectivity index (χ3v) is 11.1. The van der Waals surface area contributed by atoms with Gasteiger partial charge in [0.1, 0.15) is 5.78 Å². The van der Waals surface area contributed by atoms with Crippen molar-refractivity contribution in [2.45, 2.75) is 63.6 Å². The second-order valence-corrected chi connectivity index (χ2v) is 11.9. The summed E-state index contributed by atoms with van der Waals surface area (Å²) in [6.45, 7) is 6.28. The van der Waals surface area contributed by atoms with Crippen molar-refractivity contribution < 1.29 is 4.57 Å². The lowest BCUT2D eigenvalue weighted by Crippen LogP contribution is -2.44. The van der Waals surface area contributed by atoms with Crippen LogP contribution in [0.1, 0.15) is 68.4 Å². The molecule has 0 bridgehead atoms. The highest BCUT2D eigenvalue weighted by molar-refractivity contribution is 7.59. The smallest absolute Gasteiger partial charge is 0.238 e. The van der Waals surface area contributed by atoms with E-state index >= 15 is 4.57 Å². The first kappa shape index (κ1) is 19.1. The van der Waals surface area contributed by atoms with E-state index in [9.17, 15) is 0 Å². The molecule has 146 valence electrons. The second-order valence-electron chi connectivity index (χ2n) is 8.10. The molecule has 0 aliphatic carbocycles. The number of likely N-dealkylation sites (tertiary alicyclic amines) is 1. The van der Waals surface area contributed by atoms with Gasteiger partial charge in [0.05, 0.1) is 0 Å². The molecule has 4 rings (SSSR count). The maximum Gasteiger partial charge on any atom is 0.238 e. The highest BCUT2D eigenvalue weighted by Gasteiger charge is 2.48. The van der Waals surface area contributed by atoms with E-state index in [1.807, 2.05) is 11.3 Å². The minimum Gasteiger partial charge on any atom is -0.287 e. The molecular weight excluding hydrogens is 361 g/mol. The Kier molecular flexibility index (Phi) is 6.53. The van der Waals surface area contributed by atoms with Crippen LogP contribution in [0.2, 0.25) is 0 Å². The molecule has 0 amide bonds. The number of piperidine rings is 3. The minimum absolute atomic E-state index is 0.0824. The number of rotatable bonds is 5. The molecule has 1 atom stereocenters. The molecule has 1 aromatic heterocycles. The van der Waals surface area contributed by atoms with Crippen LogP contribution in [0.3, 0.4) is 0 Å². The Bertz CT molecular complexity index is 568. The fourth-order valence-corrected chi connectivity index (χ4v) is 10.1. The van der Waals surface area contributed by atoms with Crippen LogP contribution >= 0.6 is 18.8 Å². The van der Waals surface area contributed by atoms with Gasteiger partial charge in [-0.15, -0.1) is 11.3 Å². The fourth-order valence-electron chi connectivity index (χ4n) is 4.98. The van der Waals surface area contributed by atoms with E-state index < -0.39 is 7.44 Å². The van der Waals surface area contributed by atoms with Crippen molar-refractivity contribution >= 4 is 18.8 Å². The maximum atomic E-state index is 15.0. The lowest BCUT2D eigenvalue weighted by atomic mass is 10.1. The van der Waals surface area contributed by atoms with Crippen LogP contribution in [-0.4, -0.2) is 53.5 Å². The van der Waals surface area contributed by atoms with Gasteiger partial charge in [-0.2, -0.15) is 0 Å². The molecule has 0 saturated carbocycles. The molecule has 0 aromatic carbocycles. The SMILES string of the molecule is O=P([C@H](c1cccs1)N1CCCCC1)(N1CCCCC1)N1CCCCC1. The molecule has 4 heterocycles. The summed E-state index contributed by atoms with van der Waals surface area (Å²) in [7, 11) is -2.63. The topological polar surface area (TPSA) is 26.8 Å². The molecule has 26 heavy (non-hydrogen) atoms. The monoisotopic (exact) mass is 395 g/mol. The largest absolute Gasteiger partial charge is 0.287 e. The van der Waals surface area contributed by atoms with Gasteiger partial charge in [-0.05, 0) is 63.1 Å². The summed E-state index contributed by atoms with van der Waals surface area (Å²) in [4.78, 5) is 3.91. The van der Waals surface area contributed by atoms with Gasteiger partial charge in [-0.25, -0.2) is 9.34 Å². The average Bonchev–Trinajstić information content (AvgIpc) is 3.24. The highest BCUT2D eigenvalue weighted by atomic mass is 32.1. The molecule has 4 nitrogen and oxygen atoms in total. The Balaban J connectivity index is 1.73. The van der Waals surface area contributed by atoms with Gasteiger partial charge in [0.15, 0.2) is 0 Å². The molecule has 3 fully saturated rings.